The highest BCUT2D eigenvalue weighted by molar-refractivity contribution is 7.18. The van der Waals surface area contributed by atoms with Gasteiger partial charge in [-0.2, -0.15) is 0 Å². The number of aromatic nitrogens is 2. The summed E-state index contributed by atoms with van der Waals surface area (Å²) in [6, 6.07) is 2.18. The maximum atomic E-state index is 5.58. The number of nitrogens with zero attached hydrogens (tertiary/aromatic N) is 2. The number of anilines is 1. The second kappa shape index (κ2) is 6.06. The number of ether oxygens (including phenoxy) is 1. The number of rotatable bonds is 4. The van der Waals surface area contributed by atoms with Crippen LogP contribution in [-0.4, -0.2) is 29.7 Å². The van der Waals surface area contributed by atoms with Crippen molar-refractivity contribution in [3.63, 3.8) is 0 Å². The van der Waals surface area contributed by atoms with Gasteiger partial charge in [0.15, 0.2) is 0 Å². The Hall–Kier alpha value is -1.20. The first kappa shape index (κ1) is 13.8. The van der Waals surface area contributed by atoms with Crippen molar-refractivity contribution in [2.75, 3.05) is 25.1 Å². The first-order valence-electron chi connectivity index (χ1n) is 7.37. The van der Waals surface area contributed by atoms with E-state index in [1.54, 1.807) is 11.3 Å². The van der Waals surface area contributed by atoms with Crippen LogP contribution in [0.3, 0.4) is 0 Å². The van der Waals surface area contributed by atoms with E-state index in [2.05, 4.69) is 25.2 Å². The Morgan fingerprint density at radius 2 is 2.35 bits per heavy atom. The minimum absolute atomic E-state index is 0.345. The van der Waals surface area contributed by atoms with Gasteiger partial charge in [-0.3, -0.25) is 0 Å². The average molecular weight is 291 g/mol. The van der Waals surface area contributed by atoms with Crippen molar-refractivity contribution in [1.29, 1.82) is 0 Å². The summed E-state index contributed by atoms with van der Waals surface area (Å²) in [6.07, 6.45) is 3.33. The molecule has 0 spiro atoms. The summed E-state index contributed by atoms with van der Waals surface area (Å²) >= 11 is 1.75. The molecule has 1 aliphatic rings. The topological polar surface area (TPSA) is 47.0 Å². The van der Waals surface area contributed by atoms with Crippen LogP contribution < -0.4 is 5.32 Å². The SMILES string of the molecule is CCCNc1nc(C2CCCOC2)nc2sc(C)cc12. The Labute approximate surface area is 123 Å². The second-order valence-corrected chi connectivity index (χ2v) is 6.58. The van der Waals surface area contributed by atoms with Crippen LogP contribution in [0.25, 0.3) is 10.2 Å². The van der Waals surface area contributed by atoms with Crippen LogP contribution in [0.1, 0.15) is 42.8 Å². The second-order valence-electron chi connectivity index (χ2n) is 5.35. The predicted molar refractivity (Wildman–Crippen MR) is 83.7 cm³/mol. The fraction of sp³-hybridized carbons (Fsp3) is 0.600. The highest BCUT2D eigenvalue weighted by Crippen LogP contribution is 2.32. The van der Waals surface area contributed by atoms with Crippen LogP contribution in [0.2, 0.25) is 0 Å². The largest absolute Gasteiger partial charge is 0.381 e. The summed E-state index contributed by atoms with van der Waals surface area (Å²) in [4.78, 5) is 11.9. The predicted octanol–water partition coefficient (Wildman–Crippen LogP) is 3.72. The van der Waals surface area contributed by atoms with E-state index in [0.717, 1.165) is 60.9 Å². The Morgan fingerprint density at radius 1 is 1.45 bits per heavy atom. The Bertz CT molecular complexity index is 590. The summed E-state index contributed by atoms with van der Waals surface area (Å²) in [7, 11) is 0. The molecule has 2 aromatic heterocycles. The molecule has 1 atom stereocenters. The molecule has 0 saturated carbocycles. The molecule has 3 rings (SSSR count). The Kier molecular flexibility index (Phi) is 4.17. The van der Waals surface area contributed by atoms with Crippen molar-refractivity contribution in [2.24, 2.45) is 0 Å². The van der Waals surface area contributed by atoms with Gasteiger partial charge in [-0.25, -0.2) is 9.97 Å². The van der Waals surface area contributed by atoms with E-state index >= 15 is 0 Å². The molecule has 3 heterocycles. The smallest absolute Gasteiger partial charge is 0.138 e. The highest BCUT2D eigenvalue weighted by atomic mass is 32.1. The zero-order valence-electron chi connectivity index (χ0n) is 12.1. The molecule has 1 N–H and O–H groups in total. The number of nitrogens with one attached hydrogen (secondary N) is 1. The number of hydrogen-bond donors (Lipinski definition) is 1. The summed E-state index contributed by atoms with van der Waals surface area (Å²) in [5, 5.41) is 4.60. The molecule has 1 fully saturated rings. The summed E-state index contributed by atoms with van der Waals surface area (Å²) in [5.74, 6) is 2.28. The monoisotopic (exact) mass is 291 g/mol. The molecule has 2 aromatic rings. The van der Waals surface area contributed by atoms with Crippen molar-refractivity contribution in [2.45, 2.75) is 39.0 Å². The first-order valence-corrected chi connectivity index (χ1v) is 8.19. The molecular formula is C15H21N3OS. The third-order valence-electron chi connectivity index (χ3n) is 3.60. The van der Waals surface area contributed by atoms with E-state index in [1.165, 1.54) is 4.88 Å². The molecule has 0 radical (unpaired) electrons. The molecule has 1 unspecified atom stereocenters. The van der Waals surface area contributed by atoms with Crippen LogP contribution in [0, 0.1) is 6.92 Å². The van der Waals surface area contributed by atoms with Crippen molar-refractivity contribution in [1.82, 2.24) is 9.97 Å². The molecular weight excluding hydrogens is 270 g/mol. The maximum absolute atomic E-state index is 5.58. The third-order valence-corrected chi connectivity index (χ3v) is 4.55. The van der Waals surface area contributed by atoms with E-state index < -0.39 is 0 Å². The van der Waals surface area contributed by atoms with E-state index in [-0.39, 0.29) is 0 Å². The van der Waals surface area contributed by atoms with Crippen LogP contribution in [0.4, 0.5) is 5.82 Å². The fourth-order valence-corrected chi connectivity index (χ4v) is 3.45. The zero-order valence-corrected chi connectivity index (χ0v) is 12.9. The van der Waals surface area contributed by atoms with Gasteiger partial charge in [-0.05, 0) is 32.3 Å². The quantitative estimate of drug-likeness (QED) is 0.932. The molecule has 0 aromatic carbocycles. The number of hydrogen-bond acceptors (Lipinski definition) is 5. The maximum Gasteiger partial charge on any atom is 0.138 e. The lowest BCUT2D eigenvalue weighted by Gasteiger charge is -2.21. The van der Waals surface area contributed by atoms with E-state index in [1.807, 2.05) is 0 Å². The minimum atomic E-state index is 0.345. The van der Waals surface area contributed by atoms with Crippen LogP contribution in [0.5, 0.6) is 0 Å². The first-order chi connectivity index (χ1) is 9.78. The highest BCUT2D eigenvalue weighted by Gasteiger charge is 2.21. The average Bonchev–Trinajstić information content (AvgIpc) is 2.86. The standard InChI is InChI=1S/C15H21N3OS/c1-3-6-16-14-12-8-10(2)20-15(12)18-13(17-14)11-5-4-7-19-9-11/h8,11H,3-7,9H2,1-2H3,(H,16,17,18). The van der Waals surface area contributed by atoms with Crippen molar-refractivity contribution in [3.05, 3.63) is 16.8 Å². The van der Waals surface area contributed by atoms with Crippen LogP contribution >= 0.6 is 11.3 Å². The molecule has 4 nitrogen and oxygen atoms in total. The number of thiophene rings is 1. The van der Waals surface area contributed by atoms with E-state index in [0.29, 0.717) is 5.92 Å². The van der Waals surface area contributed by atoms with Gasteiger partial charge >= 0.3 is 0 Å². The summed E-state index contributed by atoms with van der Waals surface area (Å²) in [6.45, 7) is 6.86. The lowest BCUT2D eigenvalue weighted by atomic mass is 10.0. The Balaban J connectivity index is 1.99. The molecule has 5 heteroatoms. The molecule has 0 amide bonds. The number of aryl methyl sites for hydroxylation is 1. The molecule has 1 aliphatic heterocycles. The minimum Gasteiger partial charge on any atom is -0.381 e. The lowest BCUT2D eigenvalue weighted by molar-refractivity contribution is 0.0782. The molecule has 0 bridgehead atoms. The fourth-order valence-electron chi connectivity index (χ4n) is 2.56. The lowest BCUT2D eigenvalue weighted by Crippen LogP contribution is -2.18. The van der Waals surface area contributed by atoms with Crippen LogP contribution in [-0.2, 0) is 4.74 Å². The zero-order chi connectivity index (χ0) is 13.9. The Morgan fingerprint density at radius 3 is 3.10 bits per heavy atom. The molecule has 108 valence electrons. The van der Waals surface area contributed by atoms with Gasteiger partial charge in [0.1, 0.15) is 16.5 Å². The molecule has 20 heavy (non-hydrogen) atoms. The van der Waals surface area contributed by atoms with Gasteiger partial charge in [0.05, 0.1) is 12.0 Å². The molecule has 0 aliphatic carbocycles. The normalized spacial score (nSPS) is 19.4. The van der Waals surface area contributed by atoms with Crippen molar-refractivity contribution < 1.29 is 4.74 Å². The van der Waals surface area contributed by atoms with E-state index in [4.69, 9.17) is 14.7 Å². The third kappa shape index (κ3) is 2.79. The number of fused-ring (bicyclic) bond motifs is 1. The van der Waals surface area contributed by atoms with Gasteiger partial charge in [0.2, 0.25) is 0 Å². The van der Waals surface area contributed by atoms with Crippen molar-refractivity contribution >= 4 is 27.4 Å². The van der Waals surface area contributed by atoms with Gasteiger partial charge in [-0.15, -0.1) is 11.3 Å². The van der Waals surface area contributed by atoms with Crippen molar-refractivity contribution in [3.8, 4) is 0 Å². The van der Waals surface area contributed by atoms with Gasteiger partial charge in [0, 0.05) is 23.9 Å². The summed E-state index contributed by atoms with van der Waals surface area (Å²) in [5.41, 5.74) is 0. The van der Waals surface area contributed by atoms with Crippen LogP contribution in [0.15, 0.2) is 6.07 Å². The summed E-state index contributed by atoms with van der Waals surface area (Å²) < 4.78 is 5.58. The van der Waals surface area contributed by atoms with E-state index in [9.17, 15) is 0 Å². The van der Waals surface area contributed by atoms with Gasteiger partial charge < -0.3 is 10.1 Å². The van der Waals surface area contributed by atoms with Gasteiger partial charge in [-0.1, -0.05) is 6.92 Å². The molecule has 1 saturated heterocycles. The van der Waals surface area contributed by atoms with Gasteiger partial charge in [0.25, 0.3) is 0 Å².